The van der Waals surface area contributed by atoms with E-state index >= 15 is 0 Å². The van der Waals surface area contributed by atoms with Crippen LogP contribution in [0.15, 0.2) is 48.5 Å². The molecule has 2 aromatic carbocycles. The van der Waals surface area contributed by atoms with Crippen LogP contribution in [0.1, 0.15) is 43.4 Å². The van der Waals surface area contributed by atoms with Crippen LogP contribution in [-0.2, 0) is 14.3 Å². The highest BCUT2D eigenvalue weighted by Gasteiger charge is 2.17. The summed E-state index contributed by atoms with van der Waals surface area (Å²) in [6.07, 6.45) is 2.06. The van der Waals surface area contributed by atoms with Crippen molar-refractivity contribution in [2.24, 2.45) is 0 Å². The lowest BCUT2D eigenvalue weighted by molar-refractivity contribution is -0.148. The lowest BCUT2D eigenvalue weighted by Gasteiger charge is -2.14. The van der Waals surface area contributed by atoms with Crippen LogP contribution in [0.4, 0.5) is 5.69 Å². The molecule has 0 radical (unpaired) electrons. The van der Waals surface area contributed by atoms with Gasteiger partial charge in [-0.3, -0.25) is 4.79 Å². The van der Waals surface area contributed by atoms with Crippen LogP contribution in [-0.4, -0.2) is 18.0 Å². The Kier molecular flexibility index (Phi) is 7.19. The average molecular weight is 386 g/mol. The highest BCUT2D eigenvalue weighted by Crippen LogP contribution is 2.20. The van der Waals surface area contributed by atoms with E-state index in [1.54, 1.807) is 18.2 Å². The van der Waals surface area contributed by atoms with E-state index in [-0.39, 0.29) is 0 Å². The molecule has 5 heteroatoms. The minimum Gasteiger partial charge on any atom is -0.449 e. The van der Waals surface area contributed by atoms with Crippen LogP contribution >= 0.6 is 11.6 Å². The zero-order chi connectivity index (χ0) is 20.0. The van der Waals surface area contributed by atoms with Crippen LogP contribution in [0.25, 0.3) is 6.08 Å². The van der Waals surface area contributed by atoms with E-state index in [1.165, 1.54) is 18.6 Å². The number of halogens is 1. The molecule has 27 heavy (non-hydrogen) atoms. The number of benzene rings is 2. The Hall–Kier alpha value is -2.59. The van der Waals surface area contributed by atoms with Crippen molar-refractivity contribution in [2.45, 2.75) is 39.7 Å². The van der Waals surface area contributed by atoms with Gasteiger partial charge in [0.05, 0.1) is 0 Å². The molecular weight excluding hydrogens is 362 g/mol. The second-order valence-corrected chi connectivity index (χ2v) is 7.12. The van der Waals surface area contributed by atoms with E-state index in [4.69, 9.17) is 16.3 Å². The van der Waals surface area contributed by atoms with Gasteiger partial charge in [-0.1, -0.05) is 55.8 Å². The second kappa shape index (κ2) is 9.38. The third-order valence-corrected chi connectivity index (χ3v) is 4.37. The van der Waals surface area contributed by atoms with Gasteiger partial charge in [-0.15, -0.1) is 0 Å². The zero-order valence-corrected chi connectivity index (χ0v) is 16.7. The molecule has 0 aliphatic heterocycles. The molecule has 0 saturated carbocycles. The van der Waals surface area contributed by atoms with Crippen LogP contribution in [0.5, 0.6) is 0 Å². The molecule has 0 aromatic heterocycles. The number of hydrogen-bond donors (Lipinski definition) is 1. The molecular formula is C22H24ClNO3. The normalized spacial score (nSPS) is 12.2. The standard InChI is InChI=1S/C22H24ClNO3/c1-14(2)18-9-6-17(7-10-18)8-12-21(25)27-16(4)22(26)24-20-13-19(23)11-5-15(20)3/h5-14,16H,1-4H3,(H,24,26)/b12-8+/t16-/m0/s1. The monoisotopic (exact) mass is 385 g/mol. The van der Waals surface area contributed by atoms with Gasteiger partial charge in [0.25, 0.3) is 5.91 Å². The highest BCUT2D eigenvalue weighted by atomic mass is 35.5. The fraction of sp³-hybridized carbons (Fsp3) is 0.273. The predicted octanol–water partition coefficient (Wildman–Crippen LogP) is 5.36. The first-order chi connectivity index (χ1) is 12.8. The highest BCUT2D eigenvalue weighted by molar-refractivity contribution is 6.31. The Bertz CT molecular complexity index is 841. The summed E-state index contributed by atoms with van der Waals surface area (Å²) in [6, 6.07) is 13.1. The molecule has 0 bridgehead atoms. The van der Waals surface area contributed by atoms with E-state index in [2.05, 4.69) is 19.2 Å². The number of carbonyl (C=O) groups excluding carboxylic acids is 2. The van der Waals surface area contributed by atoms with Crippen molar-refractivity contribution in [3.63, 3.8) is 0 Å². The van der Waals surface area contributed by atoms with Crippen molar-refractivity contribution >= 4 is 35.2 Å². The minimum atomic E-state index is -0.927. The lowest BCUT2D eigenvalue weighted by Crippen LogP contribution is -2.29. The second-order valence-electron chi connectivity index (χ2n) is 6.68. The summed E-state index contributed by atoms with van der Waals surface area (Å²) in [5.41, 5.74) is 3.59. The summed E-state index contributed by atoms with van der Waals surface area (Å²) < 4.78 is 5.17. The van der Waals surface area contributed by atoms with Crippen molar-refractivity contribution in [1.29, 1.82) is 0 Å². The van der Waals surface area contributed by atoms with Crippen LogP contribution in [0, 0.1) is 6.92 Å². The van der Waals surface area contributed by atoms with Crippen LogP contribution < -0.4 is 5.32 Å². The molecule has 0 spiro atoms. The van der Waals surface area contributed by atoms with E-state index in [0.29, 0.717) is 16.6 Å². The minimum absolute atomic E-state index is 0.414. The molecule has 2 aromatic rings. The quantitative estimate of drug-likeness (QED) is 0.538. The number of amides is 1. The first-order valence-electron chi connectivity index (χ1n) is 8.82. The molecule has 0 heterocycles. The average Bonchev–Trinajstić information content (AvgIpc) is 2.63. The van der Waals surface area contributed by atoms with E-state index < -0.39 is 18.0 Å². The van der Waals surface area contributed by atoms with Gasteiger partial charge in [0.2, 0.25) is 0 Å². The van der Waals surface area contributed by atoms with E-state index in [1.807, 2.05) is 37.3 Å². The Morgan fingerprint density at radius 3 is 2.37 bits per heavy atom. The number of esters is 1. The number of ether oxygens (including phenoxy) is 1. The van der Waals surface area contributed by atoms with Crippen LogP contribution in [0.3, 0.4) is 0 Å². The molecule has 0 fully saturated rings. The van der Waals surface area contributed by atoms with Gasteiger partial charge in [-0.05, 0) is 54.7 Å². The van der Waals surface area contributed by atoms with E-state index in [0.717, 1.165) is 11.1 Å². The Labute approximate surface area is 165 Å². The SMILES string of the molecule is Cc1ccc(Cl)cc1NC(=O)[C@H](C)OC(=O)/C=C/c1ccc(C(C)C)cc1. The zero-order valence-electron chi connectivity index (χ0n) is 16.0. The van der Waals surface area contributed by atoms with Crippen molar-refractivity contribution in [2.75, 3.05) is 5.32 Å². The van der Waals surface area contributed by atoms with Crippen molar-refractivity contribution < 1.29 is 14.3 Å². The van der Waals surface area contributed by atoms with Crippen molar-refractivity contribution in [1.82, 2.24) is 0 Å². The third-order valence-electron chi connectivity index (χ3n) is 4.13. The maximum atomic E-state index is 12.2. The summed E-state index contributed by atoms with van der Waals surface area (Å²) in [5.74, 6) is -0.535. The summed E-state index contributed by atoms with van der Waals surface area (Å²) in [6.45, 7) is 7.63. The summed E-state index contributed by atoms with van der Waals surface area (Å²) in [4.78, 5) is 24.2. The van der Waals surface area contributed by atoms with Gasteiger partial charge in [0.15, 0.2) is 6.10 Å². The van der Waals surface area contributed by atoms with Crippen LogP contribution in [0.2, 0.25) is 5.02 Å². The maximum Gasteiger partial charge on any atom is 0.331 e. The van der Waals surface area contributed by atoms with Gasteiger partial charge in [-0.25, -0.2) is 4.79 Å². The molecule has 1 amide bonds. The topological polar surface area (TPSA) is 55.4 Å². The molecule has 1 atom stereocenters. The fourth-order valence-electron chi connectivity index (χ4n) is 2.39. The molecule has 4 nitrogen and oxygen atoms in total. The van der Waals surface area contributed by atoms with Crippen molar-refractivity contribution in [3.05, 3.63) is 70.3 Å². The van der Waals surface area contributed by atoms with Gasteiger partial charge in [0, 0.05) is 16.8 Å². The Balaban J connectivity index is 1.92. The summed E-state index contributed by atoms with van der Waals surface area (Å²) >= 11 is 5.94. The Morgan fingerprint density at radius 2 is 1.74 bits per heavy atom. The Morgan fingerprint density at radius 1 is 1.07 bits per heavy atom. The number of anilines is 1. The van der Waals surface area contributed by atoms with Gasteiger partial charge >= 0.3 is 5.97 Å². The van der Waals surface area contributed by atoms with Gasteiger partial charge < -0.3 is 10.1 Å². The van der Waals surface area contributed by atoms with Gasteiger partial charge in [0.1, 0.15) is 0 Å². The smallest absolute Gasteiger partial charge is 0.331 e. The molecule has 1 N–H and O–H groups in total. The number of nitrogens with one attached hydrogen (secondary N) is 1. The maximum absolute atomic E-state index is 12.2. The number of aryl methyl sites for hydroxylation is 1. The summed E-state index contributed by atoms with van der Waals surface area (Å²) in [5, 5.41) is 3.24. The lowest BCUT2D eigenvalue weighted by atomic mass is 10.0. The molecule has 0 aliphatic carbocycles. The molecule has 0 unspecified atom stereocenters. The molecule has 2 rings (SSSR count). The number of hydrogen-bond acceptors (Lipinski definition) is 3. The number of carbonyl (C=O) groups is 2. The summed E-state index contributed by atoms with van der Waals surface area (Å²) in [7, 11) is 0. The number of rotatable bonds is 6. The first-order valence-corrected chi connectivity index (χ1v) is 9.19. The third kappa shape index (κ3) is 6.26. The van der Waals surface area contributed by atoms with Gasteiger partial charge in [-0.2, -0.15) is 0 Å². The largest absolute Gasteiger partial charge is 0.449 e. The molecule has 142 valence electrons. The van der Waals surface area contributed by atoms with E-state index in [9.17, 15) is 9.59 Å². The predicted molar refractivity (Wildman–Crippen MR) is 110 cm³/mol. The fourth-order valence-corrected chi connectivity index (χ4v) is 2.56. The molecule has 0 aliphatic rings. The van der Waals surface area contributed by atoms with Crippen molar-refractivity contribution in [3.8, 4) is 0 Å². The first kappa shape index (κ1) is 20.7. The molecule has 0 saturated heterocycles.